The van der Waals surface area contributed by atoms with Gasteiger partial charge in [0.15, 0.2) is 0 Å². The largest absolute Gasteiger partial charge is 0.471 e. The monoisotopic (exact) mass is 335 g/mol. The van der Waals surface area contributed by atoms with Gasteiger partial charge in [-0.25, -0.2) is 0 Å². The number of fused-ring (bicyclic) bond motifs is 2. The van der Waals surface area contributed by atoms with Crippen LogP contribution in [0, 0.1) is 0 Å². The van der Waals surface area contributed by atoms with Crippen LogP contribution < -0.4 is 0 Å². The highest BCUT2D eigenvalue weighted by Crippen LogP contribution is 2.48. The number of rotatable bonds is 0. The highest BCUT2D eigenvalue weighted by molar-refractivity contribution is 7.10. The second-order valence-corrected chi connectivity index (χ2v) is 6.74. The van der Waals surface area contributed by atoms with Gasteiger partial charge in [-0.3, -0.25) is 4.79 Å². The van der Waals surface area contributed by atoms with Crippen LogP contribution in [0.4, 0.5) is 13.2 Å². The van der Waals surface area contributed by atoms with Gasteiger partial charge in [0.25, 0.3) is 0 Å². The Morgan fingerprint density at radius 1 is 1.55 bits per heavy atom. The fourth-order valence-corrected chi connectivity index (χ4v) is 4.51. The van der Waals surface area contributed by atoms with E-state index in [1.165, 1.54) is 11.3 Å². The Morgan fingerprint density at radius 3 is 2.91 bits per heavy atom. The number of carbonyl (C=O) groups excluding carboxylic acids is 1. The molecule has 0 radical (unpaired) electrons. The summed E-state index contributed by atoms with van der Waals surface area (Å²) in [6, 6.07) is 1.25. The molecule has 2 aliphatic heterocycles. The van der Waals surface area contributed by atoms with Crippen LogP contribution in [0.25, 0.3) is 0 Å². The van der Waals surface area contributed by atoms with Gasteiger partial charge in [0, 0.05) is 23.9 Å². The topological polar surface area (TPSA) is 49.8 Å². The maximum atomic E-state index is 12.6. The molecular formula is C14H16F3NO3S. The van der Waals surface area contributed by atoms with E-state index in [4.69, 9.17) is 4.74 Å². The zero-order valence-electron chi connectivity index (χ0n) is 11.9. The summed E-state index contributed by atoms with van der Waals surface area (Å²) >= 11 is 1.44. The van der Waals surface area contributed by atoms with Gasteiger partial charge in [-0.15, -0.1) is 11.3 Å². The van der Waals surface area contributed by atoms with E-state index in [1.807, 2.05) is 11.4 Å². The summed E-state index contributed by atoms with van der Waals surface area (Å²) in [7, 11) is 0. The Balaban J connectivity index is 1.85. The van der Waals surface area contributed by atoms with E-state index in [9.17, 15) is 23.1 Å². The number of alkyl halides is 3. The Morgan fingerprint density at radius 2 is 2.27 bits per heavy atom. The standard InChI is InChI=1S/C14H16F3NO3S/c1-8-6-13(3-4-18(8)12(20)14(15,16)17)11-9(2-5-22-11)10(19)7-21-13/h2,5,8,10,19H,3-4,6-7H2,1H3/t8-,10-,13+/m0/s1. The van der Waals surface area contributed by atoms with Crippen molar-refractivity contribution in [3.05, 3.63) is 21.9 Å². The lowest BCUT2D eigenvalue weighted by Crippen LogP contribution is -2.55. The van der Waals surface area contributed by atoms with Crippen LogP contribution in [0.2, 0.25) is 0 Å². The minimum Gasteiger partial charge on any atom is -0.386 e. The maximum absolute atomic E-state index is 12.6. The Kier molecular flexibility index (Phi) is 3.73. The third kappa shape index (κ3) is 2.43. The van der Waals surface area contributed by atoms with Gasteiger partial charge in [-0.2, -0.15) is 13.2 Å². The molecule has 122 valence electrons. The Hall–Kier alpha value is -1.12. The second-order valence-electron chi connectivity index (χ2n) is 5.83. The fraction of sp³-hybridized carbons (Fsp3) is 0.643. The number of thiophene rings is 1. The molecule has 0 aliphatic carbocycles. The summed E-state index contributed by atoms with van der Waals surface area (Å²) in [5.41, 5.74) is 0.101. The molecule has 8 heteroatoms. The fourth-order valence-electron chi connectivity index (χ4n) is 3.36. The number of amides is 1. The molecule has 22 heavy (non-hydrogen) atoms. The number of hydrogen-bond acceptors (Lipinski definition) is 4. The molecule has 1 fully saturated rings. The smallest absolute Gasteiger partial charge is 0.386 e. The minimum atomic E-state index is -4.85. The molecule has 0 saturated carbocycles. The molecule has 0 aromatic carbocycles. The number of hydrogen-bond donors (Lipinski definition) is 1. The Labute approximate surface area is 129 Å². The van der Waals surface area contributed by atoms with Gasteiger partial charge in [-0.1, -0.05) is 0 Å². The maximum Gasteiger partial charge on any atom is 0.471 e. The third-order valence-electron chi connectivity index (χ3n) is 4.40. The van der Waals surface area contributed by atoms with Gasteiger partial charge in [0.05, 0.1) is 6.61 Å². The van der Waals surface area contributed by atoms with Crippen LogP contribution in [0.5, 0.6) is 0 Å². The first-order valence-corrected chi connectivity index (χ1v) is 7.90. The quantitative estimate of drug-likeness (QED) is 0.793. The first-order chi connectivity index (χ1) is 10.2. The third-order valence-corrected chi connectivity index (χ3v) is 5.52. The minimum absolute atomic E-state index is 0.00700. The van der Waals surface area contributed by atoms with Crippen molar-refractivity contribution >= 4 is 17.2 Å². The van der Waals surface area contributed by atoms with E-state index in [-0.39, 0.29) is 13.2 Å². The first kappa shape index (κ1) is 15.8. The lowest BCUT2D eigenvalue weighted by Gasteiger charge is -2.47. The zero-order chi connectivity index (χ0) is 16.1. The average molecular weight is 335 g/mol. The van der Waals surface area contributed by atoms with Gasteiger partial charge in [0.2, 0.25) is 0 Å². The van der Waals surface area contributed by atoms with Crippen LogP contribution in [0.15, 0.2) is 11.4 Å². The van der Waals surface area contributed by atoms with Crippen molar-refractivity contribution in [2.75, 3.05) is 13.2 Å². The number of piperidine rings is 1. The van der Waals surface area contributed by atoms with E-state index in [0.29, 0.717) is 12.8 Å². The predicted molar refractivity (Wildman–Crippen MR) is 73.4 cm³/mol. The van der Waals surface area contributed by atoms with Crippen molar-refractivity contribution in [1.29, 1.82) is 0 Å². The van der Waals surface area contributed by atoms with Crippen molar-refractivity contribution in [2.24, 2.45) is 0 Å². The molecule has 1 aromatic heterocycles. The molecule has 3 rings (SSSR count). The summed E-state index contributed by atoms with van der Waals surface area (Å²) in [4.78, 5) is 13.2. The van der Waals surface area contributed by atoms with Crippen molar-refractivity contribution in [3.63, 3.8) is 0 Å². The summed E-state index contributed by atoms with van der Waals surface area (Å²) in [6.07, 6.45) is -4.94. The highest BCUT2D eigenvalue weighted by Gasteiger charge is 2.51. The molecule has 3 atom stereocenters. The van der Waals surface area contributed by atoms with Crippen LogP contribution in [0.1, 0.15) is 36.3 Å². The lowest BCUT2D eigenvalue weighted by molar-refractivity contribution is -0.196. The molecule has 4 nitrogen and oxygen atoms in total. The van der Waals surface area contributed by atoms with Crippen LogP contribution in [-0.2, 0) is 15.1 Å². The van der Waals surface area contributed by atoms with E-state index in [0.717, 1.165) is 15.3 Å². The first-order valence-electron chi connectivity index (χ1n) is 7.02. The molecule has 1 amide bonds. The van der Waals surface area contributed by atoms with Gasteiger partial charge >= 0.3 is 12.1 Å². The number of aliphatic hydroxyl groups excluding tert-OH is 1. The van der Waals surface area contributed by atoms with E-state index in [1.54, 1.807) is 6.92 Å². The van der Waals surface area contributed by atoms with Crippen molar-refractivity contribution in [2.45, 2.75) is 43.7 Å². The number of ether oxygens (including phenoxy) is 1. The molecular weight excluding hydrogens is 319 g/mol. The lowest BCUT2D eigenvalue weighted by atomic mass is 9.81. The average Bonchev–Trinajstić information content (AvgIpc) is 2.93. The SMILES string of the molecule is C[C@H]1C[C@@]2(CCN1C(=O)C(F)(F)F)OC[C@H](O)c1ccsc12. The van der Waals surface area contributed by atoms with Gasteiger partial charge < -0.3 is 14.7 Å². The molecule has 1 spiro atoms. The molecule has 1 saturated heterocycles. The number of carbonyl (C=O) groups is 1. The zero-order valence-corrected chi connectivity index (χ0v) is 12.7. The van der Waals surface area contributed by atoms with E-state index in [2.05, 4.69) is 0 Å². The normalized spacial score (nSPS) is 32.1. The molecule has 0 bridgehead atoms. The van der Waals surface area contributed by atoms with Crippen molar-refractivity contribution in [3.8, 4) is 0 Å². The van der Waals surface area contributed by atoms with E-state index < -0.39 is 29.8 Å². The van der Waals surface area contributed by atoms with Crippen LogP contribution in [-0.4, -0.2) is 41.3 Å². The highest BCUT2D eigenvalue weighted by atomic mass is 32.1. The van der Waals surface area contributed by atoms with Gasteiger partial charge in [-0.05, 0) is 30.4 Å². The molecule has 3 heterocycles. The van der Waals surface area contributed by atoms with Crippen molar-refractivity contribution in [1.82, 2.24) is 4.90 Å². The molecule has 0 unspecified atom stereocenters. The summed E-state index contributed by atoms with van der Waals surface area (Å²) < 4.78 is 43.7. The molecule has 1 N–H and O–H groups in total. The van der Waals surface area contributed by atoms with Gasteiger partial charge in [0.1, 0.15) is 11.7 Å². The van der Waals surface area contributed by atoms with Crippen LogP contribution >= 0.6 is 11.3 Å². The second kappa shape index (κ2) is 5.21. The number of nitrogens with zero attached hydrogens (tertiary/aromatic N) is 1. The number of halogens is 3. The molecule has 1 aromatic rings. The predicted octanol–water partition coefficient (Wildman–Crippen LogP) is 2.58. The summed E-state index contributed by atoms with van der Waals surface area (Å²) in [6.45, 7) is 1.73. The number of aliphatic hydroxyl groups is 1. The van der Waals surface area contributed by atoms with Crippen LogP contribution in [0.3, 0.4) is 0 Å². The van der Waals surface area contributed by atoms with E-state index >= 15 is 0 Å². The summed E-state index contributed by atoms with van der Waals surface area (Å²) in [5.74, 6) is -1.79. The van der Waals surface area contributed by atoms with Crippen molar-refractivity contribution < 1.29 is 27.8 Å². The summed E-state index contributed by atoms with van der Waals surface area (Å²) in [5, 5.41) is 11.8. The molecule has 2 aliphatic rings. The number of likely N-dealkylation sites (tertiary alicyclic amines) is 1. The Bertz CT molecular complexity index is 588.